The summed E-state index contributed by atoms with van der Waals surface area (Å²) in [6.07, 6.45) is 3.89. The van der Waals surface area contributed by atoms with Crippen molar-refractivity contribution in [1.82, 2.24) is 0 Å². The molecule has 0 fully saturated rings. The predicted octanol–water partition coefficient (Wildman–Crippen LogP) is 4.02. The van der Waals surface area contributed by atoms with Crippen molar-refractivity contribution in [3.05, 3.63) is 0 Å². The summed E-state index contributed by atoms with van der Waals surface area (Å²) < 4.78 is 16.7. The van der Waals surface area contributed by atoms with E-state index in [2.05, 4.69) is 6.30 Å². The van der Waals surface area contributed by atoms with Crippen molar-refractivity contribution in [3.63, 3.8) is 0 Å². The molecule has 0 aliphatic rings. The van der Waals surface area contributed by atoms with Gasteiger partial charge in [0.2, 0.25) is 0 Å². The minimum atomic E-state index is -2.59. The summed E-state index contributed by atoms with van der Waals surface area (Å²) in [6, 6.07) is 0.0173. The van der Waals surface area contributed by atoms with Crippen LogP contribution in [0.15, 0.2) is 0 Å². The molecular formula is C10H22ClO3P. The number of rotatable bonds is 4. The van der Waals surface area contributed by atoms with Gasteiger partial charge >= 0.3 is 0 Å². The molecule has 0 radical (unpaired) electrons. The largest absolute Gasteiger partial charge is 0.311 e. The van der Waals surface area contributed by atoms with E-state index in [1.807, 2.05) is 41.5 Å². The number of hydrogen-bond acceptors (Lipinski definition) is 3. The number of hydrogen-bond donors (Lipinski definition) is 0. The maximum atomic E-state index is 5.71. The van der Waals surface area contributed by atoms with Crippen molar-refractivity contribution in [3.8, 4) is 0 Å². The second-order valence-corrected chi connectivity index (χ2v) is 7.32. The fraction of sp³-hybridized carbons (Fsp3) is 0.900. The molecule has 0 heterocycles. The Morgan fingerprint density at radius 3 is 1.53 bits per heavy atom. The molecule has 3 nitrogen and oxygen atoms in total. The van der Waals surface area contributed by atoms with Gasteiger partial charge in [0.25, 0.3) is 7.57 Å². The average molecular weight is 257 g/mol. The molecule has 15 heavy (non-hydrogen) atoms. The van der Waals surface area contributed by atoms with E-state index in [4.69, 9.17) is 25.2 Å². The number of halogens is 1. The molecule has 0 aromatic carbocycles. The molecule has 0 atom stereocenters. The molecule has 0 aromatic rings. The van der Waals surface area contributed by atoms with Crippen LogP contribution in [0.4, 0.5) is 0 Å². The van der Waals surface area contributed by atoms with E-state index < -0.39 is 7.57 Å². The van der Waals surface area contributed by atoms with E-state index in [1.165, 1.54) is 0 Å². The highest BCUT2D eigenvalue weighted by Crippen LogP contribution is 2.54. The first-order valence-electron chi connectivity index (χ1n) is 4.83. The maximum absolute atomic E-state index is 5.71. The van der Waals surface area contributed by atoms with Crippen LogP contribution in [-0.4, -0.2) is 23.6 Å². The van der Waals surface area contributed by atoms with Crippen LogP contribution in [0, 0.1) is 0 Å². The van der Waals surface area contributed by atoms with E-state index in [0.717, 1.165) is 0 Å². The normalized spacial score (nSPS) is 14.3. The lowest BCUT2D eigenvalue weighted by molar-refractivity contribution is 0.0344. The van der Waals surface area contributed by atoms with E-state index in [0.29, 0.717) is 0 Å². The Kier molecular flexibility index (Phi) is 5.36. The highest BCUT2D eigenvalue weighted by molar-refractivity contribution is 7.59. The van der Waals surface area contributed by atoms with Gasteiger partial charge in [0.15, 0.2) is 0 Å². The Bertz CT molecular complexity index is 220. The topological polar surface area (TPSA) is 27.7 Å². The first kappa shape index (κ1) is 15.5. The molecule has 0 N–H and O–H groups in total. The second-order valence-electron chi connectivity index (χ2n) is 5.26. The summed E-state index contributed by atoms with van der Waals surface area (Å²) in [7, 11) is -2.59. The zero-order valence-corrected chi connectivity index (χ0v) is 12.1. The highest BCUT2D eigenvalue weighted by Gasteiger charge is 2.29. The zero-order valence-electron chi connectivity index (χ0n) is 10.5. The lowest BCUT2D eigenvalue weighted by Crippen LogP contribution is -2.24. The van der Waals surface area contributed by atoms with Crippen molar-refractivity contribution in [2.45, 2.75) is 52.7 Å². The minimum absolute atomic E-state index is 0.0173. The van der Waals surface area contributed by atoms with Crippen LogP contribution >= 0.6 is 19.2 Å². The van der Waals surface area contributed by atoms with Gasteiger partial charge in [0.1, 0.15) is 6.07 Å². The highest BCUT2D eigenvalue weighted by atomic mass is 35.5. The SMILES string of the molecule is C=P(OCCl)(OC(C)(C)C)OC(C)(C)C. The molecule has 0 aromatic heterocycles. The lowest BCUT2D eigenvalue weighted by Gasteiger charge is -2.35. The maximum Gasteiger partial charge on any atom is 0.252 e. The van der Waals surface area contributed by atoms with Crippen LogP contribution in [0.25, 0.3) is 0 Å². The van der Waals surface area contributed by atoms with Gasteiger partial charge in [-0.2, -0.15) is 0 Å². The zero-order chi connectivity index (χ0) is 12.3. The van der Waals surface area contributed by atoms with E-state index in [1.54, 1.807) is 0 Å². The predicted molar refractivity (Wildman–Crippen MR) is 67.5 cm³/mol. The van der Waals surface area contributed by atoms with Crippen LogP contribution in [0.2, 0.25) is 0 Å². The van der Waals surface area contributed by atoms with E-state index >= 15 is 0 Å². The van der Waals surface area contributed by atoms with E-state index in [-0.39, 0.29) is 17.3 Å². The summed E-state index contributed by atoms with van der Waals surface area (Å²) in [5, 5.41) is 0. The molecule has 0 amide bonds. The third-order valence-corrected chi connectivity index (χ3v) is 3.51. The fourth-order valence-corrected chi connectivity index (χ4v) is 3.39. The van der Waals surface area contributed by atoms with Crippen molar-refractivity contribution >= 4 is 25.5 Å². The van der Waals surface area contributed by atoms with Crippen LogP contribution in [0.3, 0.4) is 0 Å². The fourth-order valence-electron chi connectivity index (χ4n) is 0.980. The van der Waals surface area contributed by atoms with Gasteiger partial charge in [-0.1, -0.05) is 11.6 Å². The van der Waals surface area contributed by atoms with Gasteiger partial charge < -0.3 is 13.6 Å². The summed E-state index contributed by atoms with van der Waals surface area (Å²) in [6.45, 7) is 11.6. The molecule has 0 rings (SSSR count). The molecule has 0 aliphatic heterocycles. The third kappa shape index (κ3) is 8.29. The van der Waals surface area contributed by atoms with Crippen molar-refractivity contribution in [2.24, 2.45) is 0 Å². The quantitative estimate of drug-likeness (QED) is 0.562. The summed E-state index contributed by atoms with van der Waals surface area (Å²) in [5.74, 6) is 0. The second kappa shape index (κ2) is 5.20. The van der Waals surface area contributed by atoms with Gasteiger partial charge in [-0.3, -0.25) is 0 Å². The molecule has 0 saturated carbocycles. The minimum Gasteiger partial charge on any atom is -0.311 e. The number of alkyl halides is 1. The molecule has 0 aliphatic carbocycles. The average Bonchev–Trinajstić information content (AvgIpc) is 1.74. The van der Waals surface area contributed by atoms with Crippen LogP contribution in [0.5, 0.6) is 0 Å². The van der Waals surface area contributed by atoms with Crippen LogP contribution in [-0.2, 0) is 13.6 Å². The van der Waals surface area contributed by atoms with Gasteiger partial charge in [-0.15, -0.1) is 0 Å². The molecule has 0 spiro atoms. The molecular weight excluding hydrogens is 235 g/mol. The summed E-state index contributed by atoms with van der Waals surface area (Å²) >= 11 is 5.55. The van der Waals surface area contributed by atoms with Crippen LogP contribution < -0.4 is 0 Å². The van der Waals surface area contributed by atoms with Gasteiger partial charge in [0.05, 0.1) is 11.2 Å². The van der Waals surface area contributed by atoms with E-state index in [9.17, 15) is 0 Å². The Labute approximate surface area is 98.3 Å². The molecule has 0 bridgehead atoms. The Balaban J connectivity index is 4.68. The van der Waals surface area contributed by atoms with Crippen molar-refractivity contribution in [1.29, 1.82) is 0 Å². The Morgan fingerprint density at radius 2 is 1.33 bits per heavy atom. The molecule has 92 valence electrons. The Hall–Kier alpha value is 0.470. The first-order chi connectivity index (χ1) is 6.47. The molecule has 5 heteroatoms. The lowest BCUT2D eigenvalue weighted by atomic mass is 10.2. The summed E-state index contributed by atoms with van der Waals surface area (Å²) in [4.78, 5) is 0. The Morgan fingerprint density at radius 1 is 1.00 bits per heavy atom. The van der Waals surface area contributed by atoms with Crippen molar-refractivity contribution < 1.29 is 13.6 Å². The third-order valence-electron chi connectivity index (χ3n) is 1.07. The van der Waals surface area contributed by atoms with Crippen molar-refractivity contribution in [2.75, 3.05) is 6.07 Å². The smallest absolute Gasteiger partial charge is 0.252 e. The molecule has 0 saturated heterocycles. The standard InChI is InChI=1S/C10H22ClO3P/c1-9(2,3)13-15(7,12-8-11)14-10(4,5)6/h7-8H2,1-6H3. The van der Waals surface area contributed by atoms with Gasteiger partial charge in [-0.25, -0.2) is 0 Å². The van der Waals surface area contributed by atoms with Crippen LogP contribution in [0.1, 0.15) is 41.5 Å². The van der Waals surface area contributed by atoms with Gasteiger partial charge in [0, 0.05) is 0 Å². The molecule has 0 unspecified atom stereocenters. The summed E-state index contributed by atoms with van der Waals surface area (Å²) in [5.41, 5.74) is -0.736. The van der Waals surface area contributed by atoms with Gasteiger partial charge in [-0.05, 0) is 47.8 Å². The first-order valence-corrected chi connectivity index (χ1v) is 7.09. The monoisotopic (exact) mass is 256 g/mol.